The second kappa shape index (κ2) is 5.38. The molecular formula is C12H18ClN3O2. The van der Waals surface area contributed by atoms with Gasteiger partial charge in [-0.2, -0.15) is 0 Å². The number of rotatable bonds is 3. The van der Waals surface area contributed by atoms with Crippen LogP contribution in [-0.4, -0.2) is 40.4 Å². The van der Waals surface area contributed by atoms with Crippen LogP contribution >= 0.6 is 11.6 Å². The molecule has 2 N–H and O–H groups in total. The molecule has 1 aliphatic rings. The number of aryl methyl sites for hydroxylation is 2. The van der Waals surface area contributed by atoms with E-state index in [1.54, 1.807) is 0 Å². The second-order valence-electron chi connectivity index (χ2n) is 4.71. The monoisotopic (exact) mass is 271 g/mol. The minimum atomic E-state index is -0.404. The van der Waals surface area contributed by atoms with Gasteiger partial charge in [0, 0.05) is 13.2 Å². The Hall–Kier alpha value is -0.910. The summed E-state index contributed by atoms with van der Waals surface area (Å²) in [5, 5.41) is 13.2. The molecule has 1 aromatic rings. The molecule has 2 rings (SSSR count). The lowest BCUT2D eigenvalue weighted by atomic mass is 9.91. The van der Waals surface area contributed by atoms with E-state index in [9.17, 15) is 5.11 Å². The third kappa shape index (κ3) is 2.74. The first-order chi connectivity index (χ1) is 8.56. The average Bonchev–Trinajstić information content (AvgIpc) is 2.37. The summed E-state index contributed by atoms with van der Waals surface area (Å²) in [4.78, 5) is 8.63. The fourth-order valence-electron chi connectivity index (χ4n) is 1.99. The maximum atomic E-state index is 9.61. The molecule has 0 bridgehead atoms. The number of ether oxygens (including phenoxy) is 1. The molecule has 100 valence electrons. The predicted molar refractivity (Wildman–Crippen MR) is 70.0 cm³/mol. The Kier molecular flexibility index (Phi) is 4.04. The normalized spacial score (nSPS) is 18.7. The van der Waals surface area contributed by atoms with Gasteiger partial charge in [-0.3, -0.25) is 0 Å². The zero-order chi connectivity index (χ0) is 13.2. The van der Waals surface area contributed by atoms with Crippen LogP contribution < -0.4 is 5.32 Å². The Morgan fingerprint density at radius 1 is 1.28 bits per heavy atom. The lowest BCUT2D eigenvalue weighted by Crippen LogP contribution is -2.47. The van der Waals surface area contributed by atoms with E-state index >= 15 is 0 Å². The van der Waals surface area contributed by atoms with Crippen molar-refractivity contribution in [3.05, 3.63) is 16.5 Å². The number of halogens is 1. The summed E-state index contributed by atoms with van der Waals surface area (Å²) in [5.74, 6) is 0.538. The number of nitrogens with zero attached hydrogens (tertiary/aromatic N) is 2. The summed E-state index contributed by atoms with van der Waals surface area (Å²) in [7, 11) is 0. The number of aromatic nitrogens is 2. The van der Waals surface area contributed by atoms with Gasteiger partial charge < -0.3 is 15.2 Å². The van der Waals surface area contributed by atoms with E-state index in [0.717, 1.165) is 24.2 Å². The number of hydrogen-bond donors (Lipinski definition) is 2. The van der Waals surface area contributed by atoms with Crippen LogP contribution in [0, 0.1) is 13.8 Å². The molecule has 2 heterocycles. The van der Waals surface area contributed by atoms with Crippen molar-refractivity contribution < 1.29 is 9.84 Å². The van der Waals surface area contributed by atoms with E-state index in [4.69, 9.17) is 16.3 Å². The SMILES string of the molecule is Cc1nc(Cl)c(NC2(CO)CCOCC2)nc1C. The molecule has 5 nitrogen and oxygen atoms in total. The summed E-state index contributed by atoms with van der Waals surface area (Å²) >= 11 is 6.09. The van der Waals surface area contributed by atoms with Gasteiger partial charge in [-0.05, 0) is 26.7 Å². The smallest absolute Gasteiger partial charge is 0.171 e. The summed E-state index contributed by atoms with van der Waals surface area (Å²) in [6.45, 7) is 5.04. The van der Waals surface area contributed by atoms with Gasteiger partial charge in [-0.25, -0.2) is 9.97 Å². The Morgan fingerprint density at radius 3 is 2.50 bits per heavy atom. The van der Waals surface area contributed by atoms with Crippen molar-refractivity contribution in [2.45, 2.75) is 32.2 Å². The molecule has 1 aromatic heterocycles. The zero-order valence-corrected chi connectivity index (χ0v) is 11.4. The fraction of sp³-hybridized carbons (Fsp3) is 0.667. The van der Waals surface area contributed by atoms with Crippen molar-refractivity contribution in [3.8, 4) is 0 Å². The van der Waals surface area contributed by atoms with Crippen molar-refractivity contribution in [3.63, 3.8) is 0 Å². The maximum Gasteiger partial charge on any atom is 0.171 e. The molecule has 0 amide bonds. The van der Waals surface area contributed by atoms with Gasteiger partial charge in [0.15, 0.2) is 11.0 Å². The standard InChI is InChI=1S/C12H18ClN3O2/c1-8-9(2)15-11(10(13)14-8)16-12(7-17)3-5-18-6-4-12/h17H,3-7H2,1-2H3,(H,15,16). The molecule has 6 heteroatoms. The van der Waals surface area contributed by atoms with E-state index in [0.29, 0.717) is 24.2 Å². The lowest BCUT2D eigenvalue weighted by Gasteiger charge is -2.36. The summed E-state index contributed by atoms with van der Waals surface area (Å²) < 4.78 is 5.32. The molecule has 0 spiro atoms. The van der Waals surface area contributed by atoms with Crippen molar-refractivity contribution in [1.82, 2.24) is 9.97 Å². The first-order valence-corrected chi connectivity index (χ1v) is 6.42. The van der Waals surface area contributed by atoms with Gasteiger partial charge >= 0.3 is 0 Å². The van der Waals surface area contributed by atoms with E-state index in [2.05, 4.69) is 15.3 Å². The summed E-state index contributed by atoms with van der Waals surface area (Å²) in [6, 6.07) is 0. The summed E-state index contributed by atoms with van der Waals surface area (Å²) in [5.41, 5.74) is 1.25. The fourth-order valence-corrected chi connectivity index (χ4v) is 2.21. The molecule has 1 saturated heterocycles. The van der Waals surface area contributed by atoms with Crippen LogP contribution in [0.15, 0.2) is 0 Å². The number of aliphatic hydroxyl groups is 1. The van der Waals surface area contributed by atoms with Crippen molar-refractivity contribution in [1.29, 1.82) is 0 Å². The quantitative estimate of drug-likeness (QED) is 0.876. The predicted octanol–water partition coefficient (Wildman–Crippen LogP) is 1.70. The van der Waals surface area contributed by atoms with Crippen molar-refractivity contribution >= 4 is 17.4 Å². The molecule has 0 atom stereocenters. The molecule has 1 aliphatic heterocycles. The first-order valence-electron chi connectivity index (χ1n) is 6.04. The second-order valence-corrected chi connectivity index (χ2v) is 5.07. The third-order valence-electron chi connectivity index (χ3n) is 3.40. The number of anilines is 1. The minimum Gasteiger partial charge on any atom is -0.394 e. The number of aliphatic hydroxyl groups excluding tert-OH is 1. The van der Waals surface area contributed by atoms with Crippen molar-refractivity contribution in [2.24, 2.45) is 0 Å². The minimum absolute atomic E-state index is 0.0291. The van der Waals surface area contributed by atoms with Crippen LogP contribution in [0.4, 0.5) is 5.82 Å². The molecular weight excluding hydrogens is 254 g/mol. The Labute approximate surface area is 112 Å². The van der Waals surface area contributed by atoms with Crippen LogP contribution in [0.1, 0.15) is 24.2 Å². The molecule has 0 radical (unpaired) electrons. The van der Waals surface area contributed by atoms with E-state index in [-0.39, 0.29) is 6.61 Å². The highest BCUT2D eigenvalue weighted by Crippen LogP contribution is 2.28. The van der Waals surface area contributed by atoms with Crippen molar-refractivity contribution in [2.75, 3.05) is 25.1 Å². The van der Waals surface area contributed by atoms with Crippen LogP contribution in [0.5, 0.6) is 0 Å². The largest absolute Gasteiger partial charge is 0.394 e. The first kappa shape index (κ1) is 13.5. The molecule has 0 aromatic carbocycles. The highest BCUT2D eigenvalue weighted by molar-refractivity contribution is 6.31. The van der Waals surface area contributed by atoms with Crippen LogP contribution in [0.25, 0.3) is 0 Å². The van der Waals surface area contributed by atoms with E-state index in [1.807, 2.05) is 13.8 Å². The maximum absolute atomic E-state index is 9.61. The van der Waals surface area contributed by atoms with Crippen LogP contribution in [-0.2, 0) is 4.74 Å². The van der Waals surface area contributed by atoms with Gasteiger partial charge in [-0.1, -0.05) is 11.6 Å². The Balaban J connectivity index is 2.24. The van der Waals surface area contributed by atoms with Gasteiger partial charge in [-0.15, -0.1) is 0 Å². The van der Waals surface area contributed by atoms with Gasteiger partial charge in [0.25, 0.3) is 0 Å². The summed E-state index contributed by atoms with van der Waals surface area (Å²) in [6.07, 6.45) is 1.46. The molecule has 0 unspecified atom stereocenters. The molecule has 0 aliphatic carbocycles. The highest BCUT2D eigenvalue weighted by Gasteiger charge is 2.33. The third-order valence-corrected chi connectivity index (χ3v) is 3.66. The molecule has 0 saturated carbocycles. The number of hydrogen-bond acceptors (Lipinski definition) is 5. The molecule has 1 fully saturated rings. The average molecular weight is 272 g/mol. The topological polar surface area (TPSA) is 67.3 Å². The molecule has 18 heavy (non-hydrogen) atoms. The number of nitrogens with one attached hydrogen (secondary N) is 1. The Bertz CT molecular complexity index is 434. The van der Waals surface area contributed by atoms with Crippen LogP contribution in [0.3, 0.4) is 0 Å². The van der Waals surface area contributed by atoms with E-state index in [1.165, 1.54) is 0 Å². The van der Waals surface area contributed by atoms with Gasteiger partial charge in [0.2, 0.25) is 0 Å². The Morgan fingerprint density at radius 2 is 1.89 bits per heavy atom. The lowest BCUT2D eigenvalue weighted by molar-refractivity contribution is 0.0378. The van der Waals surface area contributed by atoms with E-state index < -0.39 is 5.54 Å². The highest BCUT2D eigenvalue weighted by atomic mass is 35.5. The zero-order valence-electron chi connectivity index (χ0n) is 10.7. The van der Waals surface area contributed by atoms with Gasteiger partial charge in [0.05, 0.1) is 23.5 Å². The van der Waals surface area contributed by atoms with Gasteiger partial charge in [0.1, 0.15) is 0 Å². The van der Waals surface area contributed by atoms with Crippen LogP contribution in [0.2, 0.25) is 5.15 Å².